The summed E-state index contributed by atoms with van der Waals surface area (Å²) in [6, 6.07) is 7.51. The minimum Gasteiger partial charge on any atom is -0.475 e. The second-order valence-corrected chi connectivity index (χ2v) is 6.99. The number of amides is 1. The Bertz CT molecular complexity index is 860. The Kier molecular flexibility index (Phi) is 7.29. The first kappa shape index (κ1) is 22.8. The zero-order valence-corrected chi connectivity index (χ0v) is 16.3. The normalized spacial score (nSPS) is 22.9. The minimum absolute atomic E-state index is 0.0202. The molecule has 31 heavy (non-hydrogen) atoms. The highest BCUT2D eigenvalue weighted by Gasteiger charge is 2.47. The predicted octanol–water partition coefficient (Wildman–Crippen LogP) is 2.90. The van der Waals surface area contributed by atoms with Crippen LogP contribution in [0.15, 0.2) is 47.4 Å². The van der Waals surface area contributed by atoms with E-state index in [0.717, 1.165) is 25.1 Å². The SMILES string of the molecule is O=C(O)C(F)(F)F.O=C(c1ccoc1)N1C[C@@H](OCc2ccccn2)[C@H]2OCCC[C@H]21. The highest BCUT2D eigenvalue weighted by atomic mass is 19.4. The van der Waals surface area contributed by atoms with E-state index in [1.807, 2.05) is 23.1 Å². The third kappa shape index (κ3) is 5.82. The zero-order chi connectivity index (χ0) is 22.4. The van der Waals surface area contributed by atoms with Gasteiger partial charge >= 0.3 is 12.1 Å². The maximum Gasteiger partial charge on any atom is 0.490 e. The first-order valence-corrected chi connectivity index (χ1v) is 9.53. The van der Waals surface area contributed by atoms with Crippen LogP contribution >= 0.6 is 0 Å². The molecule has 0 bridgehead atoms. The van der Waals surface area contributed by atoms with Crippen molar-refractivity contribution >= 4 is 11.9 Å². The van der Waals surface area contributed by atoms with Gasteiger partial charge in [-0.15, -0.1) is 0 Å². The van der Waals surface area contributed by atoms with Crippen molar-refractivity contribution in [3.05, 3.63) is 54.2 Å². The van der Waals surface area contributed by atoms with Crippen molar-refractivity contribution in [1.82, 2.24) is 9.88 Å². The lowest BCUT2D eigenvalue weighted by Crippen LogP contribution is -2.43. The monoisotopic (exact) mass is 442 g/mol. The summed E-state index contributed by atoms with van der Waals surface area (Å²) in [5.74, 6) is -2.78. The van der Waals surface area contributed by atoms with Gasteiger partial charge in [0, 0.05) is 12.8 Å². The van der Waals surface area contributed by atoms with Crippen LogP contribution < -0.4 is 0 Å². The Balaban J connectivity index is 0.000000339. The molecular weight excluding hydrogens is 421 g/mol. The van der Waals surface area contributed by atoms with Crippen molar-refractivity contribution in [2.45, 2.75) is 43.9 Å². The molecule has 0 saturated carbocycles. The maximum absolute atomic E-state index is 12.7. The summed E-state index contributed by atoms with van der Waals surface area (Å²) < 4.78 is 48.8. The molecule has 168 valence electrons. The van der Waals surface area contributed by atoms with Gasteiger partial charge in [-0.3, -0.25) is 9.78 Å². The lowest BCUT2D eigenvalue weighted by atomic mass is 10.0. The lowest BCUT2D eigenvalue weighted by molar-refractivity contribution is -0.192. The van der Waals surface area contributed by atoms with Crippen molar-refractivity contribution in [2.75, 3.05) is 13.2 Å². The molecule has 3 atom stereocenters. The number of aliphatic carboxylic acids is 1. The lowest BCUT2D eigenvalue weighted by Gasteiger charge is -2.32. The largest absolute Gasteiger partial charge is 0.490 e. The summed E-state index contributed by atoms with van der Waals surface area (Å²) in [5.41, 5.74) is 1.45. The topological polar surface area (TPSA) is 102 Å². The number of likely N-dealkylation sites (tertiary alicyclic amines) is 1. The summed E-state index contributed by atoms with van der Waals surface area (Å²) in [5, 5.41) is 7.12. The molecule has 11 heteroatoms. The first-order chi connectivity index (χ1) is 14.8. The number of nitrogens with zero attached hydrogens (tertiary/aromatic N) is 2. The molecule has 2 aromatic heterocycles. The van der Waals surface area contributed by atoms with Crippen LogP contribution in [0.4, 0.5) is 13.2 Å². The second-order valence-electron chi connectivity index (χ2n) is 6.99. The summed E-state index contributed by atoms with van der Waals surface area (Å²) in [6.45, 7) is 1.68. The molecule has 2 aromatic rings. The molecule has 0 radical (unpaired) electrons. The van der Waals surface area contributed by atoms with E-state index in [0.29, 0.717) is 18.7 Å². The Morgan fingerprint density at radius 1 is 1.29 bits per heavy atom. The van der Waals surface area contributed by atoms with Crippen molar-refractivity contribution in [3.8, 4) is 0 Å². The molecular formula is C20H21F3N2O6. The van der Waals surface area contributed by atoms with E-state index < -0.39 is 12.1 Å². The number of furan rings is 1. The first-order valence-electron chi connectivity index (χ1n) is 9.53. The number of carbonyl (C=O) groups is 2. The second kappa shape index (κ2) is 9.92. The van der Waals surface area contributed by atoms with E-state index in [2.05, 4.69) is 4.98 Å². The molecule has 0 aromatic carbocycles. The van der Waals surface area contributed by atoms with Crippen molar-refractivity contribution < 1.29 is 41.8 Å². The van der Waals surface area contributed by atoms with Gasteiger partial charge in [-0.05, 0) is 31.0 Å². The van der Waals surface area contributed by atoms with Gasteiger partial charge in [0.25, 0.3) is 5.91 Å². The zero-order valence-electron chi connectivity index (χ0n) is 16.3. The van der Waals surface area contributed by atoms with Gasteiger partial charge in [0.2, 0.25) is 0 Å². The van der Waals surface area contributed by atoms with Gasteiger partial charge in [0.15, 0.2) is 0 Å². The Morgan fingerprint density at radius 3 is 2.68 bits per heavy atom. The minimum atomic E-state index is -5.08. The van der Waals surface area contributed by atoms with Crippen LogP contribution in [0.1, 0.15) is 28.9 Å². The molecule has 2 fully saturated rings. The van der Waals surface area contributed by atoms with E-state index in [-0.39, 0.29) is 24.2 Å². The van der Waals surface area contributed by atoms with E-state index in [9.17, 15) is 18.0 Å². The summed E-state index contributed by atoms with van der Waals surface area (Å²) in [4.78, 5) is 27.8. The molecule has 2 aliphatic heterocycles. The summed E-state index contributed by atoms with van der Waals surface area (Å²) in [7, 11) is 0. The van der Waals surface area contributed by atoms with Gasteiger partial charge in [0.05, 0.1) is 36.7 Å². The Morgan fingerprint density at radius 2 is 2.06 bits per heavy atom. The molecule has 1 N–H and O–H groups in total. The van der Waals surface area contributed by atoms with Gasteiger partial charge in [-0.25, -0.2) is 4.79 Å². The fourth-order valence-electron chi connectivity index (χ4n) is 3.52. The van der Waals surface area contributed by atoms with Crippen LogP contribution in [-0.4, -0.2) is 64.4 Å². The van der Waals surface area contributed by atoms with Crippen molar-refractivity contribution in [3.63, 3.8) is 0 Å². The van der Waals surface area contributed by atoms with Crippen LogP contribution in [0.25, 0.3) is 0 Å². The third-order valence-electron chi connectivity index (χ3n) is 4.92. The Hall–Kier alpha value is -2.92. The smallest absolute Gasteiger partial charge is 0.475 e. The summed E-state index contributed by atoms with van der Waals surface area (Å²) >= 11 is 0. The highest BCUT2D eigenvalue weighted by molar-refractivity contribution is 5.94. The van der Waals surface area contributed by atoms with Gasteiger partial charge in [-0.2, -0.15) is 13.2 Å². The number of carboxylic acid groups (broad SMARTS) is 1. The standard InChI is InChI=1S/C18H20N2O4.C2HF3O2/c21-18(13-6-9-22-11-13)20-10-16(17-15(20)5-3-8-23-17)24-12-14-4-1-2-7-19-14;3-2(4,5)1(6)7/h1-2,4,6-7,9,11,15-17H,3,5,8,10,12H2;(H,6,7)/t15-,16-,17+;/m1./s1. The molecule has 0 unspecified atom stereocenters. The maximum atomic E-state index is 12.7. The van der Waals surface area contributed by atoms with Gasteiger partial charge in [0.1, 0.15) is 18.5 Å². The number of pyridine rings is 1. The van der Waals surface area contributed by atoms with Crippen LogP contribution in [-0.2, 0) is 20.9 Å². The van der Waals surface area contributed by atoms with Gasteiger partial charge in [-0.1, -0.05) is 6.07 Å². The molecule has 2 saturated heterocycles. The third-order valence-corrected chi connectivity index (χ3v) is 4.92. The van der Waals surface area contributed by atoms with Crippen LogP contribution in [0.3, 0.4) is 0 Å². The highest BCUT2D eigenvalue weighted by Crippen LogP contribution is 2.32. The van der Waals surface area contributed by atoms with Crippen molar-refractivity contribution in [2.24, 2.45) is 0 Å². The number of hydrogen-bond donors (Lipinski definition) is 1. The van der Waals surface area contributed by atoms with Crippen LogP contribution in [0.2, 0.25) is 0 Å². The molecule has 8 nitrogen and oxygen atoms in total. The predicted molar refractivity (Wildman–Crippen MR) is 99.0 cm³/mol. The average molecular weight is 442 g/mol. The number of carboxylic acids is 1. The molecule has 4 rings (SSSR count). The fraction of sp³-hybridized carbons (Fsp3) is 0.450. The molecule has 1 amide bonds. The molecule has 0 spiro atoms. The fourth-order valence-corrected chi connectivity index (χ4v) is 3.52. The number of halogens is 3. The quantitative estimate of drug-likeness (QED) is 0.777. The van der Waals surface area contributed by atoms with E-state index in [1.54, 1.807) is 12.3 Å². The van der Waals surface area contributed by atoms with E-state index >= 15 is 0 Å². The number of hydrogen-bond acceptors (Lipinski definition) is 6. The number of alkyl halides is 3. The summed E-state index contributed by atoms with van der Waals surface area (Å²) in [6.07, 6.45) is 1.38. The molecule has 2 aliphatic rings. The Labute approximate surface area is 175 Å². The van der Waals surface area contributed by atoms with Crippen LogP contribution in [0, 0.1) is 0 Å². The van der Waals surface area contributed by atoms with E-state index in [1.165, 1.54) is 12.5 Å². The van der Waals surface area contributed by atoms with Gasteiger partial charge < -0.3 is 23.9 Å². The number of fused-ring (bicyclic) bond motifs is 1. The number of ether oxygens (including phenoxy) is 2. The van der Waals surface area contributed by atoms with E-state index in [4.69, 9.17) is 23.8 Å². The number of carbonyl (C=O) groups excluding carboxylic acids is 1. The molecule has 0 aliphatic carbocycles. The number of rotatable bonds is 4. The van der Waals surface area contributed by atoms with Crippen LogP contribution in [0.5, 0.6) is 0 Å². The number of aromatic nitrogens is 1. The molecule has 4 heterocycles. The average Bonchev–Trinajstić information content (AvgIpc) is 3.41. The van der Waals surface area contributed by atoms with Crippen molar-refractivity contribution in [1.29, 1.82) is 0 Å².